The Balaban J connectivity index is 1.81. The Morgan fingerprint density at radius 1 is 1.00 bits per heavy atom. The molecule has 0 aliphatic heterocycles. The molecule has 134 valence electrons. The lowest BCUT2D eigenvalue weighted by Crippen LogP contribution is -2.39. The van der Waals surface area contributed by atoms with Gasteiger partial charge in [0, 0.05) is 13.0 Å². The number of hydrogen-bond acceptors (Lipinski definition) is 3. The Kier molecular flexibility index (Phi) is 6.15. The fourth-order valence-corrected chi connectivity index (χ4v) is 2.53. The van der Waals surface area contributed by atoms with Gasteiger partial charge >= 0.3 is 0 Å². The molecule has 0 heterocycles. The van der Waals surface area contributed by atoms with E-state index in [-0.39, 0.29) is 30.3 Å². The number of hydrogen-bond donors (Lipinski definition) is 3. The van der Waals surface area contributed by atoms with Gasteiger partial charge in [-0.15, -0.1) is 0 Å². The van der Waals surface area contributed by atoms with E-state index >= 15 is 0 Å². The molecule has 0 saturated carbocycles. The fraction of sp³-hybridized carbons (Fsp3) is 0.400. The highest BCUT2D eigenvalue weighted by atomic mass is 16.3. The molecule has 0 spiro atoms. The smallest absolute Gasteiger partial charge is 0.239 e. The van der Waals surface area contributed by atoms with Gasteiger partial charge in [0.05, 0.1) is 12.6 Å². The van der Waals surface area contributed by atoms with Crippen LogP contribution in [0.1, 0.15) is 38.9 Å². The van der Waals surface area contributed by atoms with Crippen LogP contribution in [0.2, 0.25) is 0 Å². The van der Waals surface area contributed by atoms with E-state index in [9.17, 15) is 14.7 Å². The normalized spacial score (nSPS) is 12.6. The molecular weight excluding hydrogens is 316 g/mol. The van der Waals surface area contributed by atoms with Crippen LogP contribution in [0, 0.1) is 5.41 Å². The number of amides is 2. The Labute approximate surface area is 148 Å². The van der Waals surface area contributed by atoms with Gasteiger partial charge in [-0.2, -0.15) is 0 Å². The van der Waals surface area contributed by atoms with Crippen LogP contribution >= 0.6 is 0 Å². The van der Waals surface area contributed by atoms with Crippen LogP contribution in [0.5, 0.6) is 0 Å². The van der Waals surface area contributed by atoms with Crippen molar-refractivity contribution in [3.8, 4) is 0 Å². The van der Waals surface area contributed by atoms with Crippen molar-refractivity contribution in [1.82, 2.24) is 10.6 Å². The first-order chi connectivity index (χ1) is 11.7. The molecular formula is C20H26N2O3. The largest absolute Gasteiger partial charge is 0.387 e. The Bertz CT molecular complexity index is 750. The molecule has 5 heteroatoms. The lowest BCUT2D eigenvalue weighted by Gasteiger charge is -2.17. The van der Waals surface area contributed by atoms with Crippen molar-refractivity contribution in [2.45, 2.75) is 33.3 Å². The third kappa shape index (κ3) is 6.19. The second kappa shape index (κ2) is 8.12. The summed E-state index contributed by atoms with van der Waals surface area (Å²) < 4.78 is 0. The quantitative estimate of drug-likeness (QED) is 0.755. The monoisotopic (exact) mass is 342 g/mol. The first-order valence-corrected chi connectivity index (χ1v) is 8.45. The maximum atomic E-state index is 11.8. The van der Waals surface area contributed by atoms with Gasteiger partial charge < -0.3 is 15.7 Å². The Morgan fingerprint density at radius 2 is 1.68 bits per heavy atom. The predicted molar refractivity (Wildman–Crippen MR) is 99.0 cm³/mol. The van der Waals surface area contributed by atoms with Crippen molar-refractivity contribution in [3.63, 3.8) is 0 Å². The molecule has 3 N–H and O–H groups in total. The summed E-state index contributed by atoms with van der Waals surface area (Å²) >= 11 is 0. The highest BCUT2D eigenvalue weighted by Crippen LogP contribution is 2.20. The summed E-state index contributed by atoms with van der Waals surface area (Å²) in [5.74, 6) is -0.472. The van der Waals surface area contributed by atoms with E-state index in [1.807, 2.05) is 63.2 Å². The van der Waals surface area contributed by atoms with E-state index in [4.69, 9.17) is 0 Å². The first-order valence-electron chi connectivity index (χ1n) is 8.45. The second-order valence-electron chi connectivity index (χ2n) is 7.44. The van der Waals surface area contributed by atoms with Gasteiger partial charge in [0.1, 0.15) is 0 Å². The number of carbonyl (C=O) groups is 2. The molecule has 2 aromatic rings. The standard InChI is InChI=1S/C20H26N2O3/c1-20(2,3)11-18(24)22-13-19(25)21-12-17(23)16-9-8-14-6-4-5-7-15(14)10-16/h4-10,17,23H,11-13H2,1-3H3,(H,21,25)(H,22,24). The molecule has 1 unspecified atom stereocenters. The number of benzene rings is 2. The molecule has 2 amide bonds. The molecule has 0 aliphatic rings. The lowest BCUT2D eigenvalue weighted by atomic mass is 9.92. The van der Waals surface area contributed by atoms with Crippen LogP contribution in [-0.2, 0) is 9.59 Å². The second-order valence-corrected chi connectivity index (χ2v) is 7.44. The molecule has 2 aromatic carbocycles. The number of nitrogens with one attached hydrogen (secondary N) is 2. The molecule has 0 radical (unpaired) electrons. The molecule has 0 aromatic heterocycles. The summed E-state index contributed by atoms with van der Waals surface area (Å²) in [5, 5.41) is 17.6. The number of rotatable bonds is 6. The number of fused-ring (bicyclic) bond motifs is 1. The van der Waals surface area contributed by atoms with Gasteiger partial charge in [-0.05, 0) is 27.8 Å². The molecule has 5 nitrogen and oxygen atoms in total. The molecule has 25 heavy (non-hydrogen) atoms. The van der Waals surface area contributed by atoms with E-state index in [1.165, 1.54) is 0 Å². The Hall–Kier alpha value is -2.40. The first kappa shape index (κ1) is 18.9. The summed E-state index contributed by atoms with van der Waals surface area (Å²) in [6, 6.07) is 13.6. The maximum Gasteiger partial charge on any atom is 0.239 e. The van der Waals surface area contributed by atoms with Crippen molar-refractivity contribution in [3.05, 3.63) is 48.0 Å². The van der Waals surface area contributed by atoms with E-state index in [0.29, 0.717) is 6.42 Å². The van der Waals surface area contributed by atoms with E-state index in [1.54, 1.807) is 0 Å². The van der Waals surface area contributed by atoms with Gasteiger partial charge in [-0.3, -0.25) is 9.59 Å². The van der Waals surface area contributed by atoms with Gasteiger partial charge in [-0.1, -0.05) is 57.2 Å². The van der Waals surface area contributed by atoms with Gasteiger partial charge in [0.25, 0.3) is 0 Å². The minimum Gasteiger partial charge on any atom is -0.387 e. The van der Waals surface area contributed by atoms with Gasteiger partial charge in [0.2, 0.25) is 11.8 Å². The van der Waals surface area contributed by atoms with E-state index < -0.39 is 6.10 Å². The van der Waals surface area contributed by atoms with E-state index in [2.05, 4.69) is 10.6 Å². The topological polar surface area (TPSA) is 78.4 Å². The van der Waals surface area contributed by atoms with E-state index in [0.717, 1.165) is 16.3 Å². The zero-order valence-electron chi connectivity index (χ0n) is 15.0. The zero-order valence-corrected chi connectivity index (χ0v) is 15.0. The van der Waals surface area contributed by atoms with Crippen molar-refractivity contribution < 1.29 is 14.7 Å². The average Bonchev–Trinajstić information content (AvgIpc) is 2.56. The van der Waals surface area contributed by atoms with Crippen LogP contribution in [0.15, 0.2) is 42.5 Å². The summed E-state index contributed by atoms with van der Waals surface area (Å²) in [7, 11) is 0. The average molecular weight is 342 g/mol. The van der Waals surface area contributed by atoms with Gasteiger partial charge in [0.15, 0.2) is 0 Å². The molecule has 2 rings (SSSR count). The number of aliphatic hydroxyl groups is 1. The molecule has 0 fully saturated rings. The van der Waals surface area contributed by atoms with Crippen LogP contribution in [0.3, 0.4) is 0 Å². The number of carbonyl (C=O) groups excluding carboxylic acids is 2. The number of aliphatic hydroxyl groups excluding tert-OH is 1. The highest BCUT2D eigenvalue weighted by Gasteiger charge is 2.16. The SMILES string of the molecule is CC(C)(C)CC(=O)NCC(=O)NCC(O)c1ccc2ccccc2c1. The minimum atomic E-state index is -0.793. The van der Waals surface area contributed by atoms with Crippen LogP contribution in [0.25, 0.3) is 10.8 Å². The van der Waals surface area contributed by atoms with Crippen molar-refractivity contribution in [2.24, 2.45) is 5.41 Å². The Morgan fingerprint density at radius 3 is 2.36 bits per heavy atom. The summed E-state index contributed by atoms with van der Waals surface area (Å²) in [4.78, 5) is 23.5. The highest BCUT2D eigenvalue weighted by molar-refractivity contribution is 5.85. The van der Waals surface area contributed by atoms with Crippen LogP contribution in [-0.4, -0.2) is 30.0 Å². The van der Waals surface area contributed by atoms with Gasteiger partial charge in [-0.25, -0.2) is 0 Å². The van der Waals surface area contributed by atoms with Crippen molar-refractivity contribution >= 4 is 22.6 Å². The predicted octanol–water partition coefficient (Wildman–Crippen LogP) is 2.54. The third-order valence-corrected chi connectivity index (χ3v) is 3.79. The lowest BCUT2D eigenvalue weighted by molar-refractivity contribution is -0.127. The summed E-state index contributed by atoms with van der Waals surface area (Å²) in [6.45, 7) is 5.91. The molecule has 0 bridgehead atoms. The summed E-state index contributed by atoms with van der Waals surface area (Å²) in [6.07, 6.45) is -0.432. The minimum absolute atomic E-state index is 0.0840. The van der Waals surface area contributed by atoms with Crippen LogP contribution in [0.4, 0.5) is 0 Å². The summed E-state index contributed by atoms with van der Waals surface area (Å²) in [5.41, 5.74) is 0.628. The molecule has 0 saturated heterocycles. The maximum absolute atomic E-state index is 11.8. The molecule has 1 atom stereocenters. The van der Waals surface area contributed by atoms with Crippen molar-refractivity contribution in [1.29, 1.82) is 0 Å². The zero-order chi connectivity index (χ0) is 18.4. The third-order valence-electron chi connectivity index (χ3n) is 3.79. The van der Waals surface area contributed by atoms with Crippen molar-refractivity contribution in [2.75, 3.05) is 13.1 Å². The van der Waals surface area contributed by atoms with Crippen LogP contribution < -0.4 is 10.6 Å². The fourth-order valence-electron chi connectivity index (χ4n) is 2.53. The molecule has 0 aliphatic carbocycles.